The molecule has 20 nitrogen and oxygen atoms in total. The Morgan fingerprint density at radius 2 is 1.22 bits per heavy atom. The minimum Gasteiger partial charge on any atom is -0.481 e. The monoisotopic (exact) mass is 707 g/mol. The van der Waals surface area contributed by atoms with Crippen LogP contribution in [0.15, 0.2) is 59.5 Å². The van der Waals surface area contributed by atoms with Crippen molar-refractivity contribution in [3.63, 3.8) is 0 Å². The highest BCUT2D eigenvalue weighted by molar-refractivity contribution is 5.97. The van der Waals surface area contributed by atoms with Crippen LogP contribution in [0.2, 0.25) is 0 Å². The molecule has 0 bridgehead atoms. The molecule has 4 rings (SSSR count). The highest BCUT2D eigenvalue weighted by Gasteiger charge is 2.22. The summed E-state index contributed by atoms with van der Waals surface area (Å²) in [5, 5.41) is 42.9. The van der Waals surface area contributed by atoms with Crippen LogP contribution in [0.4, 0.5) is 17.3 Å². The van der Waals surface area contributed by atoms with Crippen LogP contribution in [-0.4, -0.2) is 88.1 Å². The average Bonchev–Trinajstić information content (AvgIpc) is 3.07. The molecule has 12 N–H and O–H groups in total. The molecule has 0 radical (unpaired) electrons. The molecule has 2 atom stereocenters. The van der Waals surface area contributed by atoms with Gasteiger partial charge in [-0.05, 0) is 61.4 Å². The number of aromatic amines is 1. The predicted molar refractivity (Wildman–Crippen MR) is 179 cm³/mol. The molecule has 0 fully saturated rings. The molecular weight excluding hydrogens is 674 g/mol. The topological polar surface area (TPSA) is 343 Å². The summed E-state index contributed by atoms with van der Waals surface area (Å²) in [5.41, 5.74) is 12.7. The lowest BCUT2D eigenvalue weighted by molar-refractivity contribution is -0.142. The van der Waals surface area contributed by atoms with Crippen LogP contribution in [0, 0.1) is 0 Å². The zero-order valence-corrected chi connectivity index (χ0v) is 26.5. The van der Waals surface area contributed by atoms with Crippen molar-refractivity contribution in [3.8, 4) is 0 Å². The second-order valence-corrected chi connectivity index (χ2v) is 10.6. The number of anilines is 3. The van der Waals surface area contributed by atoms with E-state index >= 15 is 0 Å². The number of fused-ring (bicyclic) bond motifs is 1. The van der Waals surface area contributed by atoms with E-state index in [-0.39, 0.29) is 60.5 Å². The number of amides is 2. The van der Waals surface area contributed by atoms with E-state index in [4.69, 9.17) is 31.9 Å². The van der Waals surface area contributed by atoms with Crippen molar-refractivity contribution in [2.45, 2.75) is 44.3 Å². The number of nitrogens with two attached hydrogens (primary N) is 2. The summed E-state index contributed by atoms with van der Waals surface area (Å²) in [7, 11) is 0. The van der Waals surface area contributed by atoms with Gasteiger partial charge in [0, 0.05) is 35.3 Å². The summed E-state index contributed by atoms with van der Waals surface area (Å²) < 4.78 is 0. The Balaban J connectivity index is 0.000000316. The fraction of sp³-hybridized carbons (Fsp3) is 0.226. The van der Waals surface area contributed by atoms with Gasteiger partial charge in [-0.2, -0.15) is 4.98 Å². The van der Waals surface area contributed by atoms with Crippen molar-refractivity contribution >= 4 is 64.2 Å². The first-order valence-corrected chi connectivity index (χ1v) is 14.8. The second-order valence-electron chi connectivity index (χ2n) is 10.6. The molecule has 2 amide bonds. The Bertz CT molecular complexity index is 1970. The number of aromatic nitrogens is 4. The van der Waals surface area contributed by atoms with Gasteiger partial charge in [-0.1, -0.05) is 0 Å². The number of carboxylic acids is 4. The van der Waals surface area contributed by atoms with E-state index in [1.165, 1.54) is 42.6 Å². The van der Waals surface area contributed by atoms with E-state index in [9.17, 15) is 33.6 Å². The predicted octanol–water partition coefficient (Wildman–Crippen LogP) is 0.272. The third-order valence-electron chi connectivity index (χ3n) is 6.79. The number of benzene rings is 2. The maximum atomic E-state index is 12.3. The van der Waals surface area contributed by atoms with Gasteiger partial charge in [0.1, 0.15) is 12.1 Å². The number of rotatable bonds is 15. The standard InChI is InChI=1S/C19H19N7O6.C12H14N2O5/c20-19-25-15-14(17(30)26-19)23-11(8-22-15)7-21-10-3-1-9(2-4-10)16(29)24-12(18(31)32)5-6-13(27)28;13-8-3-1-7(2-4-8)11(17)14-9(12(18)19)5-6-10(15)16/h1-4,8,12,21H,5-7H2,(H,24,29)(H,27,28)(H,31,32)(H3,20,22,25,26,30);1-4,9H,5-6,13H2,(H,14,17)(H,15,16)(H,18,19)/t12-;/m0./s1. The van der Waals surface area contributed by atoms with Gasteiger partial charge in [0.05, 0.1) is 18.4 Å². The van der Waals surface area contributed by atoms with Crippen LogP contribution in [0.25, 0.3) is 11.2 Å². The molecule has 4 aromatic rings. The smallest absolute Gasteiger partial charge is 0.326 e. The van der Waals surface area contributed by atoms with E-state index in [2.05, 4.69) is 35.9 Å². The van der Waals surface area contributed by atoms with Crippen LogP contribution in [0.5, 0.6) is 0 Å². The molecule has 51 heavy (non-hydrogen) atoms. The largest absolute Gasteiger partial charge is 0.481 e. The quantitative estimate of drug-likeness (QED) is 0.0741. The highest BCUT2D eigenvalue weighted by atomic mass is 16.4. The van der Waals surface area contributed by atoms with Crippen molar-refractivity contribution in [3.05, 3.63) is 81.9 Å². The number of hydrogen-bond donors (Lipinski definition) is 10. The lowest BCUT2D eigenvalue weighted by Crippen LogP contribution is -2.41. The summed E-state index contributed by atoms with van der Waals surface area (Å²) in [6.07, 6.45) is 0.348. The minimum atomic E-state index is -1.31. The van der Waals surface area contributed by atoms with E-state index in [1.54, 1.807) is 12.1 Å². The fourth-order valence-electron chi connectivity index (χ4n) is 4.16. The van der Waals surface area contributed by atoms with Crippen LogP contribution < -0.4 is 33.0 Å². The Hall–Kier alpha value is -7.12. The van der Waals surface area contributed by atoms with Crippen LogP contribution >= 0.6 is 0 Å². The first kappa shape index (κ1) is 38.3. The van der Waals surface area contributed by atoms with Gasteiger partial charge in [0.15, 0.2) is 11.2 Å². The van der Waals surface area contributed by atoms with E-state index in [0.29, 0.717) is 17.1 Å². The molecule has 0 aliphatic carbocycles. The van der Waals surface area contributed by atoms with Gasteiger partial charge < -0.3 is 52.8 Å². The Kier molecular flexibility index (Phi) is 13.4. The third-order valence-corrected chi connectivity index (χ3v) is 6.79. The van der Waals surface area contributed by atoms with Crippen molar-refractivity contribution in [1.82, 2.24) is 30.6 Å². The first-order valence-electron chi connectivity index (χ1n) is 14.8. The lowest BCUT2D eigenvalue weighted by atomic mass is 10.1. The highest BCUT2D eigenvalue weighted by Crippen LogP contribution is 2.13. The molecule has 20 heteroatoms. The average molecular weight is 708 g/mol. The first-order chi connectivity index (χ1) is 24.1. The molecular formula is C31H33N9O11. The molecule has 0 aliphatic rings. The summed E-state index contributed by atoms with van der Waals surface area (Å²) in [5.74, 6) is -6.13. The van der Waals surface area contributed by atoms with Crippen LogP contribution in [-0.2, 0) is 25.7 Å². The number of nitrogen functional groups attached to an aromatic ring is 2. The third kappa shape index (κ3) is 12.1. The number of carboxylic acid groups (broad SMARTS) is 4. The number of hydrogen-bond acceptors (Lipinski definition) is 13. The SMILES string of the molecule is Nc1ccc(C(=O)NC(CCC(=O)O)C(=O)O)cc1.Nc1nc(=O)c2nc(CNc3ccc(C(=O)N[C@@H](CCC(=O)O)C(=O)O)cc3)cnc2[nH]1. The van der Waals surface area contributed by atoms with Gasteiger partial charge in [-0.15, -0.1) is 0 Å². The molecule has 0 spiro atoms. The Morgan fingerprint density at radius 1 is 0.725 bits per heavy atom. The number of carbonyl (C=O) groups is 6. The Morgan fingerprint density at radius 3 is 1.69 bits per heavy atom. The normalized spacial score (nSPS) is 11.6. The molecule has 2 aromatic heterocycles. The van der Waals surface area contributed by atoms with Crippen LogP contribution in [0.3, 0.4) is 0 Å². The zero-order valence-electron chi connectivity index (χ0n) is 26.5. The molecule has 2 heterocycles. The van der Waals surface area contributed by atoms with Crippen molar-refractivity contribution in [2.75, 3.05) is 16.8 Å². The van der Waals surface area contributed by atoms with Crippen molar-refractivity contribution < 1.29 is 49.2 Å². The van der Waals surface area contributed by atoms with Gasteiger partial charge in [0.25, 0.3) is 11.8 Å². The van der Waals surface area contributed by atoms with E-state index in [1.807, 2.05) is 0 Å². The maximum absolute atomic E-state index is 12.3. The number of aliphatic carboxylic acids is 4. The number of carbonyl (C=O) groups excluding carboxylic acids is 2. The molecule has 0 aliphatic heterocycles. The fourth-order valence-corrected chi connectivity index (χ4v) is 4.16. The van der Waals surface area contributed by atoms with Gasteiger partial charge in [-0.3, -0.25) is 24.0 Å². The van der Waals surface area contributed by atoms with E-state index < -0.39 is 53.3 Å². The summed E-state index contributed by atoms with van der Waals surface area (Å²) in [4.78, 5) is 93.6. The second kappa shape index (κ2) is 17.9. The van der Waals surface area contributed by atoms with Crippen LogP contribution in [0.1, 0.15) is 52.1 Å². The molecule has 0 saturated heterocycles. The van der Waals surface area contributed by atoms with Crippen molar-refractivity contribution in [1.29, 1.82) is 0 Å². The zero-order chi connectivity index (χ0) is 37.7. The molecule has 1 unspecified atom stereocenters. The molecule has 2 aromatic carbocycles. The minimum absolute atomic E-state index is 0.0524. The lowest BCUT2D eigenvalue weighted by Gasteiger charge is -2.14. The summed E-state index contributed by atoms with van der Waals surface area (Å²) >= 11 is 0. The van der Waals surface area contributed by atoms with E-state index in [0.717, 1.165) is 0 Å². The maximum Gasteiger partial charge on any atom is 0.326 e. The van der Waals surface area contributed by atoms with Gasteiger partial charge >= 0.3 is 29.4 Å². The number of nitrogens with one attached hydrogen (secondary N) is 4. The van der Waals surface area contributed by atoms with Crippen molar-refractivity contribution in [2.24, 2.45) is 0 Å². The Labute approximate surface area is 286 Å². The summed E-state index contributed by atoms with van der Waals surface area (Å²) in [6, 6.07) is 9.58. The molecule has 268 valence electrons. The van der Waals surface area contributed by atoms with Gasteiger partial charge in [0.2, 0.25) is 5.95 Å². The number of H-pyrrole nitrogens is 1. The summed E-state index contributed by atoms with van der Waals surface area (Å²) in [6.45, 7) is 0.231. The molecule has 0 saturated carbocycles. The number of nitrogens with zero attached hydrogens (tertiary/aromatic N) is 3. The van der Waals surface area contributed by atoms with Gasteiger partial charge in [-0.25, -0.2) is 19.6 Å².